The number of rotatable bonds is 6. The second-order valence-corrected chi connectivity index (χ2v) is 5.01. The molecule has 0 unspecified atom stereocenters. The van der Waals surface area contributed by atoms with Crippen molar-refractivity contribution in [3.63, 3.8) is 0 Å². The number of para-hydroxylation sites is 1. The van der Waals surface area contributed by atoms with E-state index >= 15 is 0 Å². The van der Waals surface area contributed by atoms with Crippen LogP contribution >= 0.6 is 0 Å². The number of benzene rings is 2. The lowest BCUT2D eigenvalue weighted by Crippen LogP contribution is -2.04. The van der Waals surface area contributed by atoms with Gasteiger partial charge in [0.2, 0.25) is 0 Å². The van der Waals surface area contributed by atoms with Gasteiger partial charge in [0.1, 0.15) is 5.75 Å². The van der Waals surface area contributed by atoms with E-state index in [0.29, 0.717) is 5.92 Å². The number of nitrogens with one attached hydrogen (secondary N) is 1. The fourth-order valence-electron chi connectivity index (χ4n) is 1.64. The van der Waals surface area contributed by atoms with Crippen molar-refractivity contribution in [3.05, 3.63) is 60.2 Å². The summed E-state index contributed by atoms with van der Waals surface area (Å²) >= 11 is 0. The van der Waals surface area contributed by atoms with Crippen LogP contribution in [0.25, 0.3) is 0 Å². The molecule has 0 saturated carbocycles. The van der Waals surface area contributed by atoms with E-state index < -0.39 is 0 Å². The Bertz CT molecular complexity index is 550. The average molecular weight is 268 g/mol. The molecule has 0 aliphatic rings. The molecule has 0 fully saturated rings. The monoisotopic (exact) mass is 268 g/mol. The second-order valence-electron chi connectivity index (χ2n) is 5.01. The average Bonchev–Trinajstić information content (AvgIpc) is 2.47. The molecule has 0 spiro atoms. The first-order chi connectivity index (χ1) is 9.74. The number of hydrazone groups is 1. The van der Waals surface area contributed by atoms with Crippen LogP contribution in [0.1, 0.15) is 19.4 Å². The first-order valence-electron chi connectivity index (χ1n) is 6.81. The first kappa shape index (κ1) is 14.1. The van der Waals surface area contributed by atoms with Gasteiger partial charge in [0.15, 0.2) is 0 Å². The normalized spacial score (nSPS) is 10.9. The van der Waals surface area contributed by atoms with Gasteiger partial charge in [-0.15, -0.1) is 0 Å². The third-order valence-corrected chi connectivity index (χ3v) is 2.62. The van der Waals surface area contributed by atoms with E-state index in [4.69, 9.17) is 4.74 Å². The molecule has 3 nitrogen and oxygen atoms in total. The summed E-state index contributed by atoms with van der Waals surface area (Å²) in [6.07, 6.45) is 1.79. The highest BCUT2D eigenvalue weighted by molar-refractivity contribution is 5.80. The summed E-state index contributed by atoms with van der Waals surface area (Å²) in [4.78, 5) is 0. The summed E-state index contributed by atoms with van der Waals surface area (Å²) in [5.74, 6) is 1.40. The van der Waals surface area contributed by atoms with Crippen molar-refractivity contribution in [2.75, 3.05) is 12.0 Å². The van der Waals surface area contributed by atoms with E-state index in [1.54, 1.807) is 6.21 Å². The molecule has 0 heterocycles. The van der Waals surface area contributed by atoms with Crippen molar-refractivity contribution in [1.29, 1.82) is 0 Å². The molecule has 104 valence electrons. The SMILES string of the molecule is CC(C)COc1cccc(/C=N/Nc2ccccc2)c1. The van der Waals surface area contributed by atoms with Crippen molar-refractivity contribution in [2.24, 2.45) is 11.0 Å². The molecular weight excluding hydrogens is 248 g/mol. The van der Waals surface area contributed by atoms with E-state index in [9.17, 15) is 0 Å². The Hall–Kier alpha value is -2.29. The van der Waals surface area contributed by atoms with Crippen LogP contribution in [0.2, 0.25) is 0 Å². The molecule has 0 aliphatic heterocycles. The van der Waals surface area contributed by atoms with Gasteiger partial charge in [-0.25, -0.2) is 0 Å². The van der Waals surface area contributed by atoms with Crippen LogP contribution in [0.5, 0.6) is 5.75 Å². The summed E-state index contributed by atoms with van der Waals surface area (Å²) in [5, 5.41) is 4.22. The van der Waals surface area contributed by atoms with Crippen LogP contribution in [-0.2, 0) is 0 Å². The lowest BCUT2D eigenvalue weighted by molar-refractivity contribution is 0.271. The molecule has 0 saturated heterocycles. The Balaban J connectivity index is 1.93. The van der Waals surface area contributed by atoms with Crippen molar-refractivity contribution < 1.29 is 4.74 Å². The van der Waals surface area contributed by atoms with Gasteiger partial charge in [-0.05, 0) is 35.7 Å². The summed E-state index contributed by atoms with van der Waals surface area (Å²) in [7, 11) is 0. The van der Waals surface area contributed by atoms with Gasteiger partial charge in [0.25, 0.3) is 0 Å². The quantitative estimate of drug-likeness (QED) is 0.630. The summed E-state index contributed by atoms with van der Waals surface area (Å²) in [6.45, 7) is 4.99. The van der Waals surface area contributed by atoms with Crippen LogP contribution in [-0.4, -0.2) is 12.8 Å². The van der Waals surface area contributed by atoms with E-state index in [1.807, 2.05) is 54.6 Å². The maximum absolute atomic E-state index is 5.69. The smallest absolute Gasteiger partial charge is 0.119 e. The Kier molecular flexibility index (Phi) is 5.18. The van der Waals surface area contributed by atoms with Crippen molar-refractivity contribution in [2.45, 2.75) is 13.8 Å². The molecule has 0 aliphatic carbocycles. The predicted molar refractivity (Wildman–Crippen MR) is 84.4 cm³/mol. The zero-order valence-corrected chi connectivity index (χ0v) is 11.9. The molecule has 0 atom stereocenters. The van der Waals surface area contributed by atoms with E-state index in [0.717, 1.165) is 23.6 Å². The van der Waals surface area contributed by atoms with Gasteiger partial charge < -0.3 is 4.74 Å². The topological polar surface area (TPSA) is 33.6 Å². The molecule has 2 aromatic carbocycles. The molecule has 2 rings (SSSR count). The Morgan fingerprint density at radius 1 is 1.10 bits per heavy atom. The minimum absolute atomic E-state index is 0.520. The fraction of sp³-hybridized carbons (Fsp3) is 0.235. The van der Waals surface area contributed by atoms with Crippen LogP contribution in [0.4, 0.5) is 5.69 Å². The van der Waals surface area contributed by atoms with Crippen LogP contribution in [0, 0.1) is 5.92 Å². The van der Waals surface area contributed by atoms with Crippen LogP contribution in [0.15, 0.2) is 59.7 Å². The largest absolute Gasteiger partial charge is 0.493 e. The highest BCUT2D eigenvalue weighted by atomic mass is 16.5. The molecule has 2 aromatic rings. The molecule has 0 radical (unpaired) electrons. The van der Waals surface area contributed by atoms with Gasteiger partial charge in [0.05, 0.1) is 18.5 Å². The second kappa shape index (κ2) is 7.34. The standard InChI is InChI=1S/C17H20N2O/c1-14(2)13-20-17-10-6-7-15(11-17)12-18-19-16-8-4-3-5-9-16/h3-12,14,19H,13H2,1-2H3/b18-12+. The Morgan fingerprint density at radius 3 is 2.65 bits per heavy atom. The van der Waals surface area contributed by atoms with Crippen LogP contribution in [0.3, 0.4) is 0 Å². The lowest BCUT2D eigenvalue weighted by Gasteiger charge is -2.08. The highest BCUT2D eigenvalue weighted by Crippen LogP contribution is 2.13. The first-order valence-corrected chi connectivity index (χ1v) is 6.81. The van der Waals surface area contributed by atoms with Gasteiger partial charge >= 0.3 is 0 Å². The minimum atomic E-state index is 0.520. The van der Waals surface area contributed by atoms with E-state index in [-0.39, 0.29) is 0 Å². The third-order valence-electron chi connectivity index (χ3n) is 2.62. The third kappa shape index (κ3) is 4.76. The number of hydrogen-bond donors (Lipinski definition) is 1. The van der Waals surface area contributed by atoms with Gasteiger partial charge in [-0.1, -0.05) is 44.2 Å². The number of nitrogens with zero attached hydrogens (tertiary/aromatic N) is 1. The predicted octanol–water partition coefficient (Wildman–Crippen LogP) is 4.17. The zero-order chi connectivity index (χ0) is 14.2. The Morgan fingerprint density at radius 2 is 1.90 bits per heavy atom. The number of anilines is 1. The zero-order valence-electron chi connectivity index (χ0n) is 11.9. The summed E-state index contributed by atoms with van der Waals surface area (Å²) in [6, 6.07) is 17.8. The summed E-state index contributed by atoms with van der Waals surface area (Å²) in [5.41, 5.74) is 4.97. The lowest BCUT2D eigenvalue weighted by atomic mass is 10.2. The molecule has 0 amide bonds. The van der Waals surface area contributed by atoms with Gasteiger partial charge in [-0.3, -0.25) is 5.43 Å². The maximum Gasteiger partial charge on any atom is 0.119 e. The van der Waals surface area contributed by atoms with Crippen LogP contribution < -0.4 is 10.2 Å². The molecular formula is C17H20N2O. The summed E-state index contributed by atoms with van der Waals surface area (Å²) < 4.78 is 5.69. The van der Waals surface area contributed by atoms with Crippen molar-refractivity contribution in [1.82, 2.24) is 0 Å². The van der Waals surface area contributed by atoms with Crippen molar-refractivity contribution in [3.8, 4) is 5.75 Å². The Labute approximate surface area is 120 Å². The van der Waals surface area contributed by atoms with E-state index in [1.165, 1.54) is 0 Å². The van der Waals surface area contributed by atoms with Crippen molar-refractivity contribution >= 4 is 11.9 Å². The highest BCUT2D eigenvalue weighted by Gasteiger charge is 1.97. The van der Waals surface area contributed by atoms with Gasteiger partial charge in [-0.2, -0.15) is 5.10 Å². The molecule has 1 N–H and O–H groups in total. The molecule has 0 bridgehead atoms. The molecule has 0 aromatic heterocycles. The van der Waals surface area contributed by atoms with Gasteiger partial charge in [0, 0.05) is 0 Å². The maximum atomic E-state index is 5.69. The van der Waals surface area contributed by atoms with E-state index in [2.05, 4.69) is 24.4 Å². The number of ether oxygens (including phenoxy) is 1. The minimum Gasteiger partial charge on any atom is -0.493 e. The fourth-order valence-corrected chi connectivity index (χ4v) is 1.64. The molecule has 20 heavy (non-hydrogen) atoms. The number of hydrogen-bond acceptors (Lipinski definition) is 3. The molecule has 3 heteroatoms.